The van der Waals surface area contributed by atoms with Crippen LogP contribution in [0.2, 0.25) is 0 Å². The Kier molecular flexibility index (Phi) is 3.56. The van der Waals surface area contributed by atoms with E-state index in [4.69, 9.17) is 10.5 Å². The van der Waals surface area contributed by atoms with Gasteiger partial charge in [0.05, 0.1) is 0 Å². The van der Waals surface area contributed by atoms with E-state index in [2.05, 4.69) is 32.0 Å². The molecule has 0 amide bonds. The third-order valence-corrected chi connectivity index (χ3v) is 3.14. The first-order valence-electron chi connectivity index (χ1n) is 6.11. The number of hydrogen-bond donors (Lipinski definition) is 1. The van der Waals surface area contributed by atoms with Gasteiger partial charge in [0.25, 0.3) is 0 Å². The summed E-state index contributed by atoms with van der Waals surface area (Å²) in [5.74, 6) is 0.864. The summed E-state index contributed by atoms with van der Waals surface area (Å²) in [6.07, 6.45) is 0. The molecule has 0 aliphatic carbocycles. The minimum Gasteiger partial charge on any atom is -0.489 e. The van der Waals surface area contributed by atoms with Crippen molar-refractivity contribution >= 4 is 5.69 Å². The normalized spacial score (nSPS) is 10.4. The van der Waals surface area contributed by atoms with Gasteiger partial charge in [0.2, 0.25) is 0 Å². The Hall–Kier alpha value is -1.96. The third kappa shape index (κ3) is 2.83. The zero-order valence-electron chi connectivity index (χ0n) is 11.2. The van der Waals surface area contributed by atoms with Crippen molar-refractivity contribution in [3.05, 3.63) is 58.7 Å². The molecule has 0 saturated heterocycles. The van der Waals surface area contributed by atoms with Crippen molar-refractivity contribution in [3.63, 3.8) is 0 Å². The molecular weight excluding hydrogens is 222 g/mol. The van der Waals surface area contributed by atoms with E-state index in [-0.39, 0.29) is 0 Å². The summed E-state index contributed by atoms with van der Waals surface area (Å²) < 4.78 is 5.81. The molecule has 0 aromatic heterocycles. The molecule has 0 bridgehead atoms. The lowest BCUT2D eigenvalue weighted by atomic mass is 10.1. The number of nitrogen functional groups attached to an aromatic ring is 1. The Morgan fingerprint density at radius 3 is 2.44 bits per heavy atom. The molecule has 0 saturated carbocycles. The second-order valence-electron chi connectivity index (χ2n) is 4.74. The van der Waals surface area contributed by atoms with Crippen LogP contribution in [0, 0.1) is 20.8 Å². The molecule has 2 aromatic rings. The largest absolute Gasteiger partial charge is 0.489 e. The van der Waals surface area contributed by atoms with Crippen molar-refractivity contribution in [3.8, 4) is 5.75 Å². The van der Waals surface area contributed by atoms with Crippen molar-refractivity contribution in [2.45, 2.75) is 27.4 Å². The fraction of sp³-hybridized carbons (Fsp3) is 0.250. The summed E-state index contributed by atoms with van der Waals surface area (Å²) >= 11 is 0. The summed E-state index contributed by atoms with van der Waals surface area (Å²) in [5, 5.41) is 0. The van der Waals surface area contributed by atoms with Gasteiger partial charge in [-0.05, 0) is 55.7 Å². The van der Waals surface area contributed by atoms with E-state index in [0.29, 0.717) is 6.61 Å². The Morgan fingerprint density at radius 1 is 0.944 bits per heavy atom. The van der Waals surface area contributed by atoms with Crippen LogP contribution in [0.1, 0.15) is 22.3 Å². The molecule has 0 aliphatic heterocycles. The molecule has 0 radical (unpaired) electrons. The molecule has 0 atom stereocenters. The van der Waals surface area contributed by atoms with Gasteiger partial charge in [-0.3, -0.25) is 0 Å². The van der Waals surface area contributed by atoms with Crippen LogP contribution in [0.3, 0.4) is 0 Å². The second-order valence-corrected chi connectivity index (χ2v) is 4.74. The van der Waals surface area contributed by atoms with Gasteiger partial charge in [0.15, 0.2) is 0 Å². The molecule has 0 aliphatic rings. The Balaban J connectivity index is 2.11. The van der Waals surface area contributed by atoms with E-state index < -0.39 is 0 Å². The first-order chi connectivity index (χ1) is 8.56. The van der Waals surface area contributed by atoms with Gasteiger partial charge in [-0.1, -0.05) is 23.8 Å². The van der Waals surface area contributed by atoms with Gasteiger partial charge in [-0.2, -0.15) is 0 Å². The second kappa shape index (κ2) is 5.13. The summed E-state index contributed by atoms with van der Waals surface area (Å²) in [4.78, 5) is 0. The van der Waals surface area contributed by atoms with Crippen LogP contribution in [0.15, 0.2) is 36.4 Å². The molecular formula is C16H19NO. The summed E-state index contributed by atoms with van der Waals surface area (Å²) in [5.41, 5.74) is 11.4. The van der Waals surface area contributed by atoms with Crippen LogP contribution >= 0.6 is 0 Å². The highest BCUT2D eigenvalue weighted by Gasteiger charge is 2.02. The maximum absolute atomic E-state index is 5.81. The number of aryl methyl sites for hydroxylation is 3. The smallest absolute Gasteiger partial charge is 0.120 e. The molecule has 2 rings (SSSR count). The van der Waals surface area contributed by atoms with Crippen molar-refractivity contribution in [1.82, 2.24) is 0 Å². The lowest BCUT2D eigenvalue weighted by molar-refractivity contribution is 0.305. The molecule has 18 heavy (non-hydrogen) atoms. The zero-order valence-corrected chi connectivity index (χ0v) is 11.2. The fourth-order valence-electron chi connectivity index (χ4n) is 1.85. The molecule has 2 nitrogen and oxygen atoms in total. The van der Waals surface area contributed by atoms with Gasteiger partial charge >= 0.3 is 0 Å². The SMILES string of the molecule is Cc1ccc(C)c(COc2ccc(N)c(C)c2)c1. The van der Waals surface area contributed by atoms with Gasteiger partial charge < -0.3 is 10.5 Å². The van der Waals surface area contributed by atoms with Crippen molar-refractivity contribution < 1.29 is 4.74 Å². The van der Waals surface area contributed by atoms with Crippen molar-refractivity contribution in [1.29, 1.82) is 0 Å². The molecule has 2 N–H and O–H groups in total. The topological polar surface area (TPSA) is 35.2 Å². The van der Waals surface area contributed by atoms with Crippen LogP contribution in [-0.4, -0.2) is 0 Å². The van der Waals surface area contributed by atoms with Crippen molar-refractivity contribution in [2.75, 3.05) is 5.73 Å². The Morgan fingerprint density at radius 2 is 1.72 bits per heavy atom. The number of nitrogens with two attached hydrogens (primary N) is 1. The fourth-order valence-corrected chi connectivity index (χ4v) is 1.85. The van der Waals surface area contributed by atoms with Crippen LogP contribution in [-0.2, 0) is 6.61 Å². The van der Waals surface area contributed by atoms with Crippen LogP contribution in [0.5, 0.6) is 5.75 Å². The molecule has 94 valence electrons. The van der Waals surface area contributed by atoms with E-state index >= 15 is 0 Å². The number of hydrogen-bond acceptors (Lipinski definition) is 2. The third-order valence-electron chi connectivity index (χ3n) is 3.14. The average Bonchev–Trinajstić information content (AvgIpc) is 2.34. The van der Waals surface area contributed by atoms with Gasteiger partial charge in [0, 0.05) is 5.69 Å². The molecule has 0 unspecified atom stereocenters. The summed E-state index contributed by atoms with van der Waals surface area (Å²) in [6, 6.07) is 12.2. The molecule has 0 spiro atoms. The zero-order chi connectivity index (χ0) is 13.1. The molecule has 2 aromatic carbocycles. The van der Waals surface area contributed by atoms with Crippen LogP contribution in [0.25, 0.3) is 0 Å². The lowest BCUT2D eigenvalue weighted by Crippen LogP contribution is -1.99. The van der Waals surface area contributed by atoms with Crippen molar-refractivity contribution in [2.24, 2.45) is 0 Å². The summed E-state index contributed by atoms with van der Waals surface area (Å²) in [6.45, 7) is 6.78. The first kappa shape index (κ1) is 12.5. The maximum Gasteiger partial charge on any atom is 0.120 e. The van der Waals surface area contributed by atoms with E-state index in [1.807, 2.05) is 25.1 Å². The Bertz CT molecular complexity index is 561. The summed E-state index contributed by atoms with van der Waals surface area (Å²) in [7, 11) is 0. The molecule has 0 fully saturated rings. The van der Waals surface area contributed by atoms with Gasteiger partial charge in [0.1, 0.15) is 12.4 Å². The van der Waals surface area contributed by atoms with Crippen LogP contribution < -0.4 is 10.5 Å². The number of rotatable bonds is 3. The Labute approximate surface area is 108 Å². The average molecular weight is 241 g/mol. The highest BCUT2D eigenvalue weighted by Crippen LogP contribution is 2.20. The van der Waals surface area contributed by atoms with E-state index in [0.717, 1.165) is 17.0 Å². The standard InChI is InChI=1S/C16H19NO/c1-11-4-5-12(2)14(8-11)10-18-15-6-7-16(17)13(3)9-15/h4-9H,10,17H2,1-3H3. The highest BCUT2D eigenvalue weighted by atomic mass is 16.5. The monoisotopic (exact) mass is 241 g/mol. The van der Waals surface area contributed by atoms with E-state index in [1.54, 1.807) is 0 Å². The van der Waals surface area contributed by atoms with Gasteiger partial charge in [-0.15, -0.1) is 0 Å². The number of benzene rings is 2. The highest BCUT2D eigenvalue weighted by molar-refractivity contribution is 5.49. The van der Waals surface area contributed by atoms with E-state index in [1.165, 1.54) is 16.7 Å². The number of anilines is 1. The predicted octanol–water partition coefficient (Wildman–Crippen LogP) is 3.77. The minimum absolute atomic E-state index is 0.594. The molecule has 0 heterocycles. The maximum atomic E-state index is 5.81. The molecule has 2 heteroatoms. The van der Waals surface area contributed by atoms with Crippen LogP contribution in [0.4, 0.5) is 5.69 Å². The van der Waals surface area contributed by atoms with E-state index in [9.17, 15) is 0 Å². The minimum atomic E-state index is 0.594. The predicted molar refractivity (Wildman–Crippen MR) is 75.8 cm³/mol. The number of ether oxygens (including phenoxy) is 1. The first-order valence-corrected chi connectivity index (χ1v) is 6.11. The van der Waals surface area contributed by atoms with Gasteiger partial charge in [-0.25, -0.2) is 0 Å². The quantitative estimate of drug-likeness (QED) is 0.830. The lowest BCUT2D eigenvalue weighted by Gasteiger charge is -2.11.